The summed E-state index contributed by atoms with van der Waals surface area (Å²) in [5.41, 5.74) is 1.72. The lowest BCUT2D eigenvalue weighted by Gasteiger charge is -2.33. The van der Waals surface area contributed by atoms with E-state index in [0.717, 1.165) is 11.3 Å². The highest BCUT2D eigenvalue weighted by Gasteiger charge is 2.29. The number of halogens is 1. The second kappa shape index (κ2) is 7.01. The molecule has 0 radical (unpaired) electrons. The highest BCUT2D eigenvalue weighted by Crippen LogP contribution is 2.32. The highest BCUT2D eigenvalue weighted by atomic mass is 19.1. The summed E-state index contributed by atoms with van der Waals surface area (Å²) < 4.78 is 24.4. The third kappa shape index (κ3) is 3.52. The molecule has 25 heavy (non-hydrogen) atoms. The number of hydrogen-bond donors (Lipinski definition) is 1. The largest absolute Gasteiger partial charge is 0.494 e. The van der Waals surface area contributed by atoms with E-state index in [0.29, 0.717) is 12.3 Å². The number of fused-ring (bicyclic) bond motifs is 1. The molecule has 5 nitrogen and oxygen atoms in total. The molecule has 0 spiro atoms. The van der Waals surface area contributed by atoms with Gasteiger partial charge in [-0.1, -0.05) is 18.2 Å². The van der Waals surface area contributed by atoms with Gasteiger partial charge in [-0.3, -0.25) is 4.79 Å². The second-order valence-corrected chi connectivity index (χ2v) is 6.08. The molecule has 1 N–H and O–H groups in total. The molecule has 1 unspecified atom stereocenters. The van der Waals surface area contributed by atoms with E-state index in [1.165, 1.54) is 13.2 Å². The fraction of sp³-hybridized carbons (Fsp3) is 0.316. The monoisotopic (exact) mass is 344 g/mol. The summed E-state index contributed by atoms with van der Waals surface area (Å²) in [7, 11) is 3.34. The third-order valence-electron chi connectivity index (χ3n) is 4.31. The van der Waals surface area contributed by atoms with E-state index in [1.54, 1.807) is 12.1 Å². The van der Waals surface area contributed by atoms with Crippen LogP contribution in [0.2, 0.25) is 0 Å². The van der Waals surface area contributed by atoms with E-state index in [9.17, 15) is 9.18 Å². The molecule has 1 heterocycles. The summed E-state index contributed by atoms with van der Waals surface area (Å²) >= 11 is 0. The number of hydrogen-bond acceptors (Lipinski definition) is 4. The highest BCUT2D eigenvalue weighted by molar-refractivity contribution is 5.83. The summed E-state index contributed by atoms with van der Waals surface area (Å²) in [5.74, 6) is 0.199. The molecular formula is C19H21FN2O3. The molecule has 0 saturated heterocycles. The van der Waals surface area contributed by atoms with Gasteiger partial charge in [0.25, 0.3) is 5.91 Å². The van der Waals surface area contributed by atoms with E-state index in [1.807, 2.05) is 43.1 Å². The number of nitrogens with zero attached hydrogens (tertiary/aromatic N) is 1. The van der Waals surface area contributed by atoms with Crippen molar-refractivity contribution >= 4 is 11.6 Å². The summed E-state index contributed by atoms with van der Waals surface area (Å²) in [5, 5.41) is 2.92. The number of anilines is 1. The van der Waals surface area contributed by atoms with E-state index >= 15 is 0 Å². The molecular weight excluding hydrogens is 323 g/mol. The molecule has 1 aliphatic rings. The quantitative estimate of drug-likeness (QED) is 0.927. The summed E-state index contributed by atoms with van der Waals surface area (Å²) in [4.78, 5) is 14.6. The van der Waals surface area contributed by atoms with Crippen LogP contribution in [0.5, 0.6) is 11.5 Å². The maximum atomic E-state index is 13.5. The van der Waals surface area contributed by atoms with Crippen molar-refractivity contribution in [3.05, 3.63) is 53.8 Å². The predicted molar refractivity (Wildman–Crippen MR) is 93.6 cm³/mol. The maximum absolute atomic E-state index is 13.5. The molecule has 0 bridgehead atoms. The first-order chi connectivity index (χ1) is 12.0. The van der Waals surface area contributed by atoms with Crippen molar-refractivity contribution in [2.75, 3.05) is 25.6 Å². The molecule has 0 saturated carbocycles. The molecule has 0 fully saturated rings. The van der Waals surface area contributed by atoms with Crippen LogP contribution in [0.3, 0.4) is 0 Å². The number of carbonyl (C=O) groups is 1. The zero-order chi connectivity index (χ0) is 18.0. The van der Waals surface area contributed by atoms with Crippen molar-refractivity contribution < 1.29 is 18.7 Å². The first-order valence-corrected chi connectivity index (χ1v) is 8.10. The van der Waals surface area contributed by atoms with Crippen LogP contribution in [0.25, 0.3) is 0 Å². The van der Waals surface area contributed by atoms with E-state index in [4.69, 9.17) is 9.47 Å². The summed E-state index contributed by atoms with van der Waals surface area (Å²) in [6, 6.07) is 11.9. The Labute approximate surface area is 146 Å². The van der Waals surface area contributed by atoms with Gasteiger partial charge in [-0.05, 0) is 36.8 Å². The van der Waals surface area contributed by atoms with E-state index in [-0.39, 0.29) is 17.7 Å². The van der Waals surface area contributed by atoms with Crippen LogP contribution in [0.15, 0.2) is 42.5 Å². The van der Waals surface area contributed by atoms with Crippen LogP contribution in [0.4, 0.5) is 10.1 Å². The van der Waals surface area contributed by atoms with Gasteiger partial charge in [-0.15, -0.1) is 0 Å². The van der Waals surface area contributed by atoms with Crippen molar-refractivity contribution in [1.29, 1.82) is 0 Å². The van der Waals surface area contributed by atoms with Gasteiger partial charge in [0.15, 0.2) is 17.7 Å². The van der Waals surface area contributed by atoms with Crippen LogP contribution < -0.4 is 19.7 Å². The van der Waals surface area contributed by atoms with E-state index in [2.05, 4.69) is 5.32 Å². The van der Waals surface area contributed by atoms with Crippen LogP contribution in [-0.4, -0.2) is 32.7 Å². The number of likely N-dealkylation sites (N-methyl/N-ethyl adjacent to an activating group) is 1. The average molecular weight is 344 g/mol. The summed E-state index contributed by atoms with van der Waals surface area (Å²) in [6.07, 6.45) is -0.607. The lowest BCUT2D eigenvalue weighted by Crippen LogP contribution is -2.48. The number of nitrogens with one attached hydrogen (secondary N) is 1. The lowest BCUT2D eigenvalue weighted by atomic mass is 10.1. The van der Waals surface area contributed by atoms with Crippen molar-refractivity contribution in [1.82, 2.24) is 5.32 Å². The van der Waals surface area contributed by atoms with Crippen LogP contribution >= 0.6 is 0 Å². The number of methoxy groups -OCH3 is 1. The minimum absolute atomic E-state index is 0.154. The van der Waals surface area contributed by atoms with Crippen LogP contribution in [-0.2, 0) is 4.79 Å². The molecule has 2 aromatic rings. The van der Waals surface area contributed by atoms with Gasteiger partial charge in [0.1, 0.15) is 5.75 Å². The SMILES string of the molecule is COc1cc([C@@H](C)NC(=O)C2CN(C)c3ccccc3O2)ccc1F. The van der Waals surface area contributed by atoms with Crippen molar-refractivity contribution in [3.63, 3.8) is 0 Å². The Kier molecular flexibility index (Phi) is 4.79. The Morgan fingerprint density at radius 2 is 2.12 bits per heavy atom. The van der Waals surface area contributed by atoms with Gasteiger partial charge >= 0.3 is 0 Å². The maximum Gasteiger partial charge on any atom is 0.263 e. The minimum atomic E-state index is -0.607. The zero-order valence-electron chi connectivity index (χ0n) is 14.5. The van der Waals surface area contributed by atoms with Crippen LogP contribution in [0, 0.1) is 5.82 Å². The van der Waals surface area contributed by atoms with Gasteiger partial charge in [0.2, 0.25) is 0 Å². The number of para-hydroxylation sites is 2. The second-order valence-electron chi connectivity index (χ2n) is 6.08. The Balaban J connectivity index is 1.70. The van der Waals surface area contributed by atoms with Crippen molar-refractivity contribution in [2.45, 2.75) is 19.1 Å². The van der Waals surface area contributed by atoms with Crippen molar-refractivity contribution in [3.8, 4) is 11.5 Å². The van der Waals surface area contributed by atoms with Gasteiger partial charge < -0.3 is 19.7 Å². The Morgan fingerprint density at radius 1 is 1.36 bits per heavy atom. The van der Waals surface area contributed by atoms with E-state index < -0.39 is 11.9 Å². The molecule has 0 aliphatic carbocycles. The predicted octanol–water partition coefficient (Wildman–Crippen LogP) is 2.91. The number of rotatable bonds is 4. The summed E-state index contributed by atoms with van der Waals surface area (Å²) in [6.45, 7) is 2.30. The fourth-order valence-corrected chi connectivity index (χ4v) is 2.88. The van der Waals surface area contributed by atoms with Crippen LogP contribution in [0.1, 0.15) is 18.5 Å². The zero-order valence-corrected chi connectivity index (χ0v) is 14.5. The molecule has 1 aliphatic heterocycles. The molecule has 1 amide bonds. The van der Waals surface area contributed by atoms with Gasteiger partial charge in [0.05, 0.1) is 25.4 Å². The number of amides is 1. The molecule has 132 valence electrons. The molecule has 3 rings (SSSR count). The van der Waals surface area contributed by atoms with Crippen molar-refractivity contribution in [2.24, 2.45) is 0 Å². The Morgan fingerprint density at radius 3 is 2.88 bits per heavy atom. The molecule has 2 atom stereocenters. The average Bonchev–Trinajstić information content (AvgIpc) is 2.62. The molecule has 2 aromatic carbocycles. The van der Waals surface area contributed by atoms with Gasteiger partial charge in [0, 0.05) is 7.05 Å². The minimum Gasteiger partial charge on any atom is -0.494 e. The Bertz CT molecular complexity index is 781. The molecule has 6 heteroatoms. The number of benzene rings is 2. The van der Waals surface area contributed by atoms with Gasteiger partial charge in [-0.2, -0.15) is 0 Å². The standard InChI is InChI=1S/C19H21FN2O3/c1-12(13-8-9-14(20)17(10-13)24-3)21-19(23)18-11-22(2)15-6-4-5-7-16(15)25-18/h4-10,12,18H,11H2,1-3H3,(H,21,23)/t12-,18?/m1/s1. The first kappa shape index (κ1) is 17.1. The smallest absolute Gasteiger partial charge is 0.263 e. The first-order valence-electron chi connectivity index (χ1n) is 8.10. The van der Waals surface area contributed by atoms with Gasteiger partial charge in [-0.25, -0.2) is 4.39 Å². The Hall–Kier alpha value is -2.76. The third-order valence-corrected chi connectivity index (χ3v) is 4.31. The number of carbonyl (C=O) groups excluding carboxylic acids is 1. The topological polar surface area (TPSA) is 50.8 Å². The normalized spacial score (nSPS) is 17.3. The fourth-order valence-electron chi connectivity index (χ4n) is 2.88. The lowest BCUT2D eigenvalue weighted by molar-refractivity contribution is -0.128. The molecule has 0 aromatic heterocycles. The number of ether oxygens (including phenoxy) is 2.